The minimum Gasteiger partial charge on any atom is -0.508 e. The molecule has 0 bridgehead atoms. The van der Waals surface area contributed by atoms with Gasteiger partial charge in [-0.05, 0) is 71.4 Å². The highest BCUT2D eigenvalue weighted by Crippen LogP contribution is 2.36. The number of benzene rings is 2. The smallest absolute Gasteiger partial charge is 0.115 e. The monoisotopic (exact) mass is 396 g/mol. The second-order valence-electron chi connectivity index (χ2n) is 6.06. The minimum absolute atomic E-state index is 0.262. The second-order valence-corrected chi connectivity index (χ2v) is 6.86. The molecule has 0 heterocycles. The zero-order chi connectivity index (χ0) is 17.6. The number of alkyl halides is 1. The van der Waals surface area contributed by atoms with Gasteiger partial charge in [-0.15, -0.1) is 0 Å². The first-order chi connectivity index (χ1) is 12.2. The molecule has 0 fully saturated rings. The average molecular weight is 397 g/mol. The van der Waals surface area contributed by atoms with Crippen molar-refractivity contribution in [3.63, 3.8) is 0 Å². The van der Waals surface area contributed by atoms with Crippen LogP contribution in [-0.2, 0) is 0 Å². The van der Waals surface area contributed by atoms with Gasteiger partial charge in [0, 0.05) is 5.33 Å². The summed E-state index contributed by atoms with van der Waals surface area (Å²) in [5, 5.41) is 20.3. The van der Waals surface area contributed by atoms with E-state index < -0.39 is 0 Å². The molecule has 0 saturated carbocycles. The molecule has 0 spiro atoms. The Morgan fingerprint density at radius 2 is 1.44 bits per heavy atom. The predicted molar refractivity (Wildman–Crippen MR) is 107 cm³/mol. The summed E-state index contributed by atoms with van der Waals surface area (Å²) in [5.74, 6) is 0.523. The second kappa shape index (κ2) is 8.21. The number of hydrogen-bond acceptors (Lipinski definition) is 2. The molecule has 2 N–H and O–H groups in total. The quantitative estimate of drug-likeness (QED) is 0.591. The number of phenols is 2. The summed E-state index contributed by atoms with van der Waals surface area (Å²) >= 11 is 3.54. The largest absolute Gasteiger partial charge is 0.508 e. The molecular weight excluding hydrogens is 376 g/mol. The first kappa shape index (κ1) is 17.6. The number of rotatable bonds is 6. The van der Waals surface area contributed by atoms with Crippen molar-refractivity contribution in [2.24, 2.45) is 0 Å². The van der Waals surface area contributed by atoms with Crippen LogP contribution in [0.5, 0.6) is 11.5 Å². The first-order valence-corrected chi connectivity index (χ1v) is 9.55. The fraction of sp³-hybridized carbons (Fsp3) is 0.182. The molecule has 128 valence electrons. The summed E-state index contributed by atoms with van der Waals surface area (Å²) in [6.45, 7) is 0. The van der Waals surface area contributed by atoms with Crippen LogP contribution >= 0.6 is 15.9 Å². The van der Waals surface area contributed by atoms with E-state index in [2.05, 4.69) is 34.2 Å². The van der Waals surface area contributed by atoms with E-state index in [-0.39, 0.29) is 11.5 Å². The average Bonchev–Trinajstić information content (AvgIpc) is 3.15. The van der Waals surface area contributed by atoms with E-state index in [0.29, 0.717) is 0 Å². The summed E-state index contributed by atoms with van der Waals surface area (Å²) in [5.41, 5.74) is 5.95. The van der Waals surface area contributed by atoms with Gasteiger partial charge in [-0.1, -0.05) is 58.4 Å². The molecule has 1 aliphatic carbocycles. The van der Waals surface area contributed by atoms with Gasteiger partial charge in [-0.2, -0.15) is 0 Å². The summed E-state index contributed by atoms with van der Waals surface area (Å²) in [6, 6.07) is 14.7. The Morgan fingerprint density at radius 3 is 1.88 bits per heavy atom. The number of hydrogen-bond donors (Lipinski definition) is 2. The maximum absolute atomic E-state index is 9.66. The first-order valence-electron chi connectivity index (χ1n) is 8.43. The van der Waals surface area contributed by atoms with Crippen molar-refractivity contribution in [2.75, 3.05) is 5.33 Å². The van der Waals surface area contributed by atoms with Crippen molar-refractivity contribution in [1.82, 2.24) is 0 Å². The van der Waals surface area contributed by atoms with Crippen molar-refractivity contribution < 1.29 is 10.2 Å². The molecule has 0 atom stereocenters. The molecule has 0 amide bonds. The van der Waals surface area contributed by atoms with E-state index in [0.717, 1.165) is 41.3 Å². The highest BCUT2D eigenvalue weighted by Gasteiger charge is 2.16. The van der Waals surface area contributed by atoms with Gasteiger partial charge < -0.3 is 10.2 Å². The Labute approximate surface area is 157 Å². The fourth-order valence-corrected chi connectivity index (χ4v) is 3.41. The Kier molecular flexibility index (Phi) is 5.77. The molecule has 25 heavy (non-hydrogen) atoms. The van der Waals surface area contributed by atoms with E-state index >= 15 is 0 Å². The van der Waals surface area contributed by atoms with Crippen LogP contribution in [0.15, 0.2) is 77.9 Å². The van der Waals surface area contributed by atoms with Gasteiger partial charge in [0.1, 0.15) is 11.5 Å². The third-order valence-corrected chi connectivity index (χ3v) is 4.89. The normalized spacial score (nSPS) is 12.9. The summed E-state index contributed by atoms with van der Waals surface area (Å²) < 4.78 is 0. The lowest BCUT2D eigenvalue weighted by molar-refractivity contribution is 0.475. The van der Waals surface area contributed by atoms with Crippen molar-refractivity contribution in [1.29, 1.82) is 0 Å². The van der Waals surface area contributed by atoms with Crippen molar-refractivity contribution in [3.8, 4) is 11.5 Å². The molecule has 0 aliphatic heterocycles. The van der Waals surface area contributed by atoms with Crippen LogP contribution in [0.4, 0.5) is 0 Å². The van der Waals surface area contributed by atoms with E-state index in [1.807, 2.05) is 24.3 Å². The van der Waals surface area contributed by atoms with E-state index in [1.54, 1.807) is 24.3 Å². The SMILES string of the molecule is Oc1ccc(C(=C(CCCBr)C2=CC=CC2)c2ccc(O)cc2)cc1. The molecule has 3 rings (SSSR count). The number of aromatic hydroxyl groups is 2. The van der Waals surface area contributed by atoms with Gasteiger partial charge in [0.15, 0.2) is 0 Å². The molecule has 3 heteroatoms. The van der Waals surface area contributed by atoms with Crippen LogP contribution in [-0.4, -0.2) is 15.5 Å². The van der Waals surface area contributed by atoms with Gasteiger partial charge in [-0.3, -0.25) is 0 Å². The zero-order valence-electron chi connectivity index (χ0n) is 14.0. The minimum atomic E-state index is 0.262. The topological polar surface area (TPSA) is 40.5 Å². The highest BCUT2D eigenvalue weighted by atomic mass is 79.9. The van der Waals surface area contributed by atoms with Crippen molar-refractivity contribution in [3.05, 3.63) is 89.0 Å². The highest BCUT2D eigenvalue weighted by molar-refractivity contribution is 9.09. The van der Waals surface area contributed by atoms with Crippen LogP contribution in [0.3, 0.4) is 0 Å². The summed E-state index contributed by atoms with van der Waals surface area (Å²) in [4.78, 5) is 0. The Balaban J connectivity index is 2.18. The molecule has 0 saturated heterocycles. The number of phenolic OH excluding ortho intramolecular Hbond substituents is 2. The Hall–Kier alpha value is -2.26. The third-order valence-electron chi connectivity index (χ3n) is 4.33. The fourth-order valence-electron chi connectivity index (χ4n) is 3.13. The van der Waals surface area contributed by atoms with E-state index in [1.165, 1.54) is 11.1 Å². The standard InChI is InChI=1S/C22H21BrO2/c23-15-3-6-21(16-4-1-2-5-16)22(17-7-11-19(24)12-8-17)18-9-13-20(25)14-10-18/h1-2,4,7-14,24-25H,3,5-6,15H2. The number of halogens is 1. The lowest BCUT2D eigenvalue weighted by Gasteiger charge is -2.18. The van der Waals surface area contributed by atoms with Gasteiger partial charge in [0.25, 0.3) is 0 Å². The Bertz CT molecular complexity index is 765. The predicted octanol–water partition coefficient (Wildman–Crippen LogP) is 5.96. The van der Waals surface area contributed by atoms with Crippen LogP contribution in [0.1, 0.15) is 30.4 Å². The Morgan fingerprint density at radius 1 is 0.880 bits per heavy atom. The molecule has 0 aromatic heterocycles. The molecule has 2 aromatic rings. The summed E-state index contributed by atoms with van der Waals surface area (Å²) in [7, 11) is 0. The van der Waals surface area contributed by atoms with Crippen molar-refractivity contribution >= 4 is 21.5 Å². The molecular formula is C22H21BrO2. The van der Waals surface area contributed by atoms with Crippen LogP contribution in [0.2, 0.25) is 0 Å². The zero-order valence-corrected chi connectivity index (χ0v) is 15.5. The molecule has 2 nitrogen and oxygen atoms in total. The molecule has 0 unspecified atom stereocenters. The maximum atomic E-state index is 9.66. The summed E-state index contributed by atoms with van der Waals surface area (Å²) in [6.07, 6.45) is 9.42. The molecule has 0 radical (unpaired) electrons. The van der Waals surface area contributed by atoms with Gasteiger partial charge in [-0.25, -0.2) is 0 Å². The van der Waals surface area contributed by atoms with E-state index in [4.69, 9.17) is 0 Å². The van der Waals surface area contributed by atoms with Crippen molar-refractivity contribution in [2.45, 2.75) is 19.3 Å². The van der Waals surface area contributed by atoms with Gasteiger partial charge in [0.05, 0.1) is 0 Å². The van der Waals surface area contributed by atoms with Crippen LogP contribution < -0.4 is 0 Å². The third kappa shape index (κ3) is 4.23. The van der Waals surface area contributed by atoms with Gasteiger partial charge in [0.2, 0.25) is 0 Å². The van der Waals surface area contributed by atoms with Gasteiger partial charge >= 0.3 is 0 Å². The van der Waals surface area contributed by atoms with E-state index in [9.17, 15) is 10.2 Å². The lowest BCUT2D eigenvalue weighted by Crippen LogP contribution is -1.98. The van der Waals surface area contributed by atoms with Crippen LogP contribution in [0.25, 0.3) is 5.57 Å². The van der Waals surface area contributed by atoms with Crippen LogP contribution in [0, 0.1) is 0 Å². The lowest BCUT2D eigenvalue weighted by atomic mass is 9.87. The number of allylic oxidation sites excluding steroid dienone is 5. The molecule has 2 aromatic carbocycles. The molecule has 1 aliphatic rings. The maximum Gasteiger partial charge on any atom is 0.115 e.